The number of nitrogen functional groups attached to an aromatic ring is 2. The van der Waals surface area contributed by atoms with Gasteiger partial charge < -0.3 is 25.8 Å². The van der Waals surface area contributed by atoms with Crippen molar-refractivity contribution in [2.24, 2.45) is 0 Å². The van der Waals surface area contributed by atoms with Gasteiger partial charge in [-0.25, -0.2) is 4.68 Å². The number of anilines is 2. The van der Waals surface area contributed by atoms with Gasteiger partial charge in [-0.1, -0.05) is 163 Å². The standard InChI is InChI=1S/C49H96N6O4/c1-5-9-12-15-20-27-35-44(8-4)58-46(56)38-30-23-18-25-32-40-54(42-34-43-55-49(51)52-48(50)53-55)41-33-26-19-24-31-39-47(57)59-45(36-28-21-16-13-10-6-2)37-29-22-17-14-11-7-3/h44-45H,5-43H2,1-4H3,(H4,50,51,52,53). The molecule has 0 fully saturated rings. The number of aromatic nitrogens is 3. The number of hydrogen-bond donors (Lipinski definition) is 2. The van der Waals surface area contributed by atoms with Gasteiger partial charge in [0.05, 0.1) is 0 Å². The number of carbonyl (C=O) groups is 2. The van der Waals surface area contributed by atoms with E-state index in [0.717, 1.165) is 110 Å². The third kappa shape index (κ3) is 33.0. The van der Waals surface area contributed by atoms with Crippen LogP contribution in [0.5, 0.6) is 0 Å². The highest BCUT2D eigenvalue weighted by molar-refractivity contribution is 5.69. The largest absolute Gasteiger partial charge is 0.462 e. The van der Waals surface area contributed by atoms with Gasteiger partial charge in [-0.3, -0.25) is 9.59 Å². The Morgan fingerprint density at radius 2 is 0.881 bits per heavy atom. The van der Waals surface area contributed by atoms with E-state index in [4.69, 9.17) is 20.9 Å². The summed E-state index contributed by atoms with van der Waals surface area (Å²) in [7, 11) is 0. The highest BCUT2D eigenvalue weighted by Gasteiger charge is 2.15. The second-order valence-electron chi connectivity index (χ2n) is 17.6. The Balaban J connectivity index is 2.36. The first-order valence-electron chi connectivity index (χ1n) is 25.4. The molecule has 0 saturated heterocycles. The zero-order valence-electron chi connectivity index (χ0n) is 39.3. The van der Waals surface area contributed by atoms with Gasteiger partial charge in [0.25, 0.3) is 0 Å². The van der Waals surface area contributed by atoms with Crippen LogP contribution in [-0.2, 0) is 25.6 Å². The van der Waals surface area contributed by atoms with Crippen LogP contribution in [0, 0.1) is 0 Å². The molecule has 0 amide bonds. The Morgan fingerprint density at radius 3 is 1.31 bits per heavy atom. The number of nitrogens with two attached hydrogens (primary N) is 2. The van der Waals surface area contributed by atoms with Crippen molar-refractivity contribution in [2.45, 2.75) is 271 Å². The first-order chi connectivity index (χ1) is 28.8. The number of hydrogen-bond acceptors (Lipinski definition) is 9. The summed E-state index contributed by atoms with van der Waals surface area (Å²) in [6.45, 7) is 12.7. The minimum absolute atomic E-state index is 0.0109. The van der Waals surface area contributed by atoms with Crippen molar-refractivity contribution in [2.75, 3.05) is 31.1 Å². The fraction of sp³-hybridized carbons (Fsp3) is 0.918. The van der Waals surface area contributed by atoms with E-state index in [1.807, 2.05) is 0 Å². The molecular weight excluding hydrogens is 737 g/mol. The molecule has 4 N–H and O–H groups in total. The summed E-state index contributed by atoms with van der Waals surface area (Å²) in [5.41, 5.74) is 11.7. The zero-order chi connectivity index (χ0) is 43.0. The lowest BCUT2D eigenvalue weighted by Crippen LogP contribution is -2.28. The van der Waals surface area contributed by atoms with Crippen LogP contribution in [0.3, 0.4) is 0 Å². The van der Waals surface area contributed by atoms with E-state index >= 15 is 0 Å². The predicted molar refractivity (Wildman–Crippen MR) is 249 cm³/mol. The lowest BCUT2D eigenvalue weighted by molar-refractivity contribution is -0.150. The van der Waals surface area contributed by atoms with E-state index in [0.29, 0.717) is 25.3 Å². The Morgan fingerprint density at radius 1 is 0.508 bits per heavy atom. The smallest absolute Gasteiger partial charge is 0.306 e. The molecule has 0 saturated carbocycles. The molecule has 1 rings (SSSR count). The summed E-state index contributed by atoms with van der Waals surface area (Å²) in [5.74, 6) is 0.586. The molecule has 0 aliphatic heterocycles. The molecule has 10 heteroatoms. The van der Waals surface area contributed by atoms with Crippen molar-refractivity contribution < 1.29 is 19.1 Å². The maximum atomic E-state index is 12.9. The van der Waals surface area contributed by atoms with Crippen molar-refractivity contribution in [1.82, 2.24) is 19.7 Å². The van der Waals surface area contributed by atoms with E-state index in [-0.39, 0.29) is 30.1 Å². The highest BCUT2D eigenvalue weighted by atomic mass is 16.5. The summed E-state index contributed by atoms with van der Waals surface area (Å²) in [4.78, 5) is 32.0. The van der Waals surface area contributed by atoms with Crippen molar-refractivity contribution in [3.05, 3.63) is 0 Å². The molecular formula is C49H96N6O4. The molecule has 0 bridgehead atoms. The van der Waals surface area contributed by atoms with Crippen LogP contribution in [0.25, 0.3) is 0 Å². The fourth-order valence-corrected chi connectivity index (χ4v) is 8.14. The first-order valence-corrected chi connectivity index (χ1v) is 25.4. The quantitative estimate of drug-likeness (QED) is 0.0486. The molecule has 0 aliphatic carbocycles. The predicted octanol–water partition coefficient (Wildman–Crippen LogP) is 13.3. The fourth-order valence-electron chi connectivity index (χ4n) is 8.14. The molecule has 0 aliphatic rings. The molecule has 1 atom stereocenters. The van der Waals surface area contributed by atoms with E-state index < -0.39 is 0 Å². The second kappa shape index (κ2) is 39.8. The van der Waals surface area contributed by atoms with Crippen LogP contribution < -0.4 is 11.5 Å². The van der Waals surface area contributed by atoms with E-state index in [1.54, 1.807) is 4.68 Å². The van der Waals surface area contributed by atoms with E-state index in [1.165, 1.54) is 122 Å². The van der Waals surface area contributed by atoms with Gasteiger partial charge in [0.2, 0.25) is 11.9 Å². The van der Waals surface area contributed by atoms with E-state index in [2.05, 4.69) is 42.7 Å². The third-order valence-corrected chi connectivity index (χ3v) is 12.0. The zero-order valence-corrected chi connectivity index (χ0v) is 39.3. The summed E-state index contributed by atoms with van der Waals surface area (Å²) < 4.78 is 13.6. The molecule has 0 aromatic carbocycles. The number of nitrogens with zero attached hydrogens (tertiary/aromatic N) is 4. The Labute approximate surface area is 363 Å². The van der Waals surface area contributed by atoms with Crippen LogP contribution in [0.15, 0.2) is 0 Å². The number of ether oxygens (including phenoxy) is 2. The normalized spacial score (nSPS) is 12.2. The number of aryl methyl sites for hydroxylation is 1. The highest BCUT2D eigenvalue weighted by Crippen LogP contribution is 2.19. The number of rotatable bonds is 44. The lowest BCUT2D eigenvalue weighted by atomic mass is 10.0. The van der Waals surface area contributed by atoms with Gasteiger partial charge in [-0.2, -0.15) is 4.98 Å². The van der Waals surface area contributed by atoms with Gasteiger partial charge in [-0.15, -0.1) is 5.10 Å². The average molecular weight is 833 g/mol. The maximum Gasteiger partial charge on any atom is 0.306 e. The van der Waals surface area contributed by atoms with E-state index in [9.17, 15) is 9.59 Å². The molecule has 0 spiro atoms. The first kappa shape index (κ1) is 54.7. The lowest BCUT2D eigenvalue weighted by Gasteiger charge is -2.22. The molecule has 346 valence electrons. The summed E-state index contributed by atoms with van der Waals surface area (Å²) in [6.07, 6.45) is 40.0. The van der Waals surface area contributed by atoms with Crippen LogP contribution in [0.1, 0.15) is 252 Å². The summed E-state index contributed by atoms with van der Waals surface area (Å²) >= 11 is 0. The van der Waals surface area contributed by atoms with Gasteiger partial charge in [0.1, 0.15) is 12.2 Å². The van der Waals surface area contributed by atoms with Gasteiger partial charge in [-0.05, 0) is 96.7 Å². The Kier molecular flexibility index (Phi) is 36.8. The number of unbranched alkanes of at least 4 members (excludes halogenated alkanes) is 23. The van der Waals surface area contributed by atoms with Gasteiger partial charge in [0, 0.05) is 19.4 Å². The molecule has 1 aromatic rings. The van der Waals surface area contributed by atoms with Crippen LogP contribution in [-0.4, -0.2) is 63.4 Å². The molecule has 1 unspecified atom stereocenters. The Bertz CT molecular complexity index is 1080. The summed E-state index contributed by atoms with van der Waals surface area (Å²) in [5, 5.41) is 4.23. The molecule has 59 heavy (non-hydrogen) atoms. The van der Waals surface area contributed by atoms with Crippen LogP contribution in [0.4, 0.5) is 11.9 Å². The molecule has 1 aromatic heterocycles. The van der Waals surface area contributed by atoms with Crippen molar-refractivity contribution in [3.63, 3.8) is 0 Å². The topological polar surface area (TPSA) is 139 Å². The second-order valence-corrected chi connectivity index (χ2v) is 17.6. The van der Waals surface area contributed by atoms with Crippen LogP contribution >= 0.6 is 0 Å². The van der Waals surface area contributed by atoms with Gasteiger partial charge >= 0.3 is 11.9 Å². The number of carbonyl (C=O) groups excluding carboxylic acids is 2. The molecule has 0 radical (unpaired) electrons. The minimum atomic E-state index is -0.0186. The average Bonchev–Trinajstić information content (AvgIpc) is 3.55. The monoisotopic (exact) mass is 833 g/mol. The van der Waals surface area contributed by atoms with Crippen molar-refractivity contribution in [1.29, 1.82) is 0 Å². The van der Waals surface area contributed by atoms with Crippen LogP contribution in [0.2, 0.25) is 0 Å². The minimum Gasteiger partial charge on any atom is -0.462 e. The Hall–Kier alpha value is -2.36. The SMILES string of the molecule is CCCCCCCCC(CC)OC(=O)CCCCCCCN(CCCCCCCC(=O)OC(CCCCCCCC)CCCCCCCC)CCCn1nc(N)nc1N. The third-order valence-electron chi connectivity index (χ3n) is 12.0. The van der Waals surface area contributed by atoms with Crippen molar-refractivity contribution in [3.8, 4) is 0 Å². The molecule has 10 nitrogen and oxygen atoms in total. The van der Waals surface area contributed by atoms with Crippen molar-refractivity contribution >= 4 is 23.8 Å². The summed E-state index contributed by atoms with van der Waals surface area (Å²) in [6, 6.07) is 0. The number of esters is 2. The van der Waals surface area contributed by atoms with Gasteiger partial charge in [0.15, 0.2) is 0 Å². The maximum absolute atomic E-state index is 12.9. The molecule has 1 heterocycles.